The molecule has 0 unspecified atom stereocenters. The van der Waals surface area contributed by atoms with Gasteiger partial charge in [-0.25, -0.2) is 5.01 Å². The first-order chi connectivity index (χ1) is 12.2. The van der Waals surface area contributed by atoms with Crippen molar-refractivity contribution >= 4 is 34.2 Å². The predicted molar refractivity (Wildman–Crippen MR) is 107 cm³/mol. The molecular weight excluding hydrogens is 394 g/mol. The number of ketones is 2. The quantitative estimate of drug-likeness (QED) is 0.711. The minimum Gasteiger partial charge on any atom is -0.383 e. The second-order valence-electron chi connectivity index (χ2n) is 6.25. The summed E-state index contributed by atoms with van der Waals surface area (Å²) >= 11 is 0. The lowest BCUT2D eigenvalue weighted by Crippen LogP contribution is -2.35. The maximum atomic E-state index is 12.9. The van der Waals surface area contributed by atoms with Gasteiger partial charge in [-0.2, -0.15) is 0 Å². The summed E-state index contributed by atoms with van der Waals surface area (Å²) in [5.41, 5.74) is 2.65. The van der Waals surface area contributed by atoms with Crippen LogP contribution in [0.3, 0.4) is 0 Å². The summed E-state index contributed by atoms with van der Waals surface area (Å²) in [7, 11) is 2.03. The topological polar surface area (TPSA) is 52.6 Å². The van der Waals surface area contributed by atoms with Gasteiger partial charge in [0.1, 0.15) is 0 Å². The molecule has 0 spiro atoms. The molecule has 2 aliphatic rings. The Morgan fingerprint density at radius 1 is 0.962 bits per heavy atom. The van der Waals surface area contributed by atoms with Crippen LogP contribution in [0.2, 0.25) is 0 Å². The van der Waals surface area contributed by atoms with Crippen molar-refractivity contribution in [2.75, 3.05) is 32.0 Å². The van der Waals surface area contributed by atoms with Crippen LogP contribution in [-0.4, -0.2) is 48.3 Å². The van der Waals surface area contributed by atoms with Crippen LogP contribution < -0.4 is 5.32 Å². The largest absolute Gasteiger partial charge is 0.383 e. The second kappa shape index (κ2) is 7.43. The maximum Gasteiger partial charge on any atom is 0.196 e. The molecule has 26 heavy (non-hydrogen) atoms. The van der Waals surface area contributed by atoms with E-state index < -0.39 is 0 Å². The third-order valence-electron chi connectivity index (χ3n) is 4.69. The molecule has 5 nitrogen and oxygen atoms in total. The standard InChI is InChI=1S/C20H19N3O2.BrH/c1-22-11-5-12-23(22)13-10-21-17-9-4-8-16-18(17)20(25)15-7-3-2-6-14(15)19(16)24;/h2-9,12,21H,10-11,13H2,1H3;1H. The first-order valence-electron chi connectivity index (χ1n) is 8.36. The lowest BCUT2D eigenvalue weighted by Gasteiger charge is -2.26. The molecule has 6 heteroatoms. The summed E-state index contributed by atoms with van der Waals surface area (Å²) in [4.78, 5) is 25.7. The van der Waals surface area contributed by atoms with E-state index in [1.807, 2.05) is 25.4 Å². The first-order valence-corrected chi connectivity index (χ1v) is 8.36. The fourth-order valence-corrected chi connectivity index (χ4v) is 3.38. The van der Waals surface area contributed by atoms with Gasteiger partial charge in [-0.1, -0.05) is 42.5 Å². The number of benzene rings is 2. The average molecular weight is 414 g/mol. The van der Waals surface area contributed by atoms with Gasteiger partial charge in [-0.05, 0) is 6.07 Å². The Morgan fingerprint density at radius 2 is 1.65 bits per heavy atom. The van der Waals surface area contributed by atoms with E-state index in [1.165, 1.54) is 0 Å². The monoisotopic (exact) mass is 413 g/mol. The van der Waals surface area contributed by atoms with Gasteiger partial charge in [0.2, 0.25) is 0 Å². The smallest absolute Gasteiger partial charge is 0.196 e. The summed E-state index contributed by atoms with van der Waals surface area (Å²) < 4.78 is 0. The van der Waals surface area contributed by atoms with Gasteiger partial charge < -0.3 is 10.3 Å². The molecular formula is C20H20BrN3O2. The van der Waals surface area contributed by atoms with E-state index in [1.54, 1.807) is 30.3 Å². The SMILES string of the molecule is Br.CN1CC=CN1CCNc1cccc2c1C(=O)c1ccccc1C2=O. The molecule has 2 aromatic carbocycles. The molecule has 134 valence electrons. The number of hydrazine groups is 1. The Morgan fingerprint density at radius 3 is 2.35 bits per heavy atom. The molecule has 0 fully saturated rings. The number of carbonyl (C=O) groups excluding carboxylic acids is 2. The van der Waals surface area contributed by atoms with Crippen molar-refractivity contribution in [1.29, 1.82) is 0 Å². The molecule has 1 aliphatic heterocycles. The van der Waals surface area contributed by atoms with Crippen LogP contribution in [0.5, 0.6) is 0 Å². The van der Waals surface area contributed by atoms with Crippen LogP contribution in [0.4, 0.5) is 5.69 Å². The Labute approximate surface area is 163 Å². The third kappa shape index (κ3) is 3.06. The molecule has 0 amide bonds. The molecule has 4 rings (SSSR count). The molecule has 0 bridgehead atoms. The van der Waals surface area contributed by atoms with E-state index in [0.717, 1.165) is 18.8 Å². The number of rotatable bonds is 4. The fraction of sp³-hybridized carbons (Fsp3) is 0.200. The molecule has 0 saturated carbocycles. The number of likely N-dealkylation sites (N-methyl/N-ethyl adjacent to an activating group) is 1. The Bertz CT molecular complexity index is 894. The normalized spacial score (nSPS) is 15.5. The van der Waals surface area contributed by atoms with Gasteiger partial charge in [0.25, 0.3) is 0 Å². The van der Waals surface area contributed by atoms with E-state index in [9.17, 15) is 9.59 Å². The van der Waals surface area contributed by atoms with Crippen LogP contribution in [0, 0.1) is 0 Å². The van der Waals surface area contributed by atoms with Gasteiger partial charge in [0.15, 0.2) is 11.6 Å². The number of nitrogens with one attached hydrogen (secondary N) is 1. The van der Waals surface area contributed by atoms with E-state index in [4.69, 9.17) is 0 Å². The molecule has 0 aromatic heterocycles. The highest BCUT2D eigenvalue weighted by atomic mass is 79.9. The van der Waals surface area contributed by atoms with Gasteiger partial charge in [0, 0.05) is 48.7 Å². The molecule has 0 saturated heterocycles. The second-order valence-corrected chi connectivity index (χ2v) is 6.25. The van der Waals surface area contributed by atoms with Crippen molar-refractivity contribution in [3.05, 3.63) is 77.0 Å². The molecule has 1 aliphatic carbocycles. The van der Waals surface area contributed by atoms with Crippen LogP contribution in [0.1, 0.15) is 31.8 Å². The summed E-state index contributed by atoms with van der Waals surface area (Å²) in [5, 5.41) is 7.56. The maximum absolute atomic E-state index is 12.9. The van der Waals surface area contributed by atoms with Gasteiger partial charge >= 0.3 is 0 Å². The van der Waals surface area contributed by atoms with Crippen molar-refractivity contribution < 1.29 is 9.59 Å². The van der Waals surface area contributed by atoms with Crippen molar-refractivity contribution in [3.8, 4) is 0 Å². The highest BCUT2D eigenvalue weighted by Gasteiger charge is 2.31. The number of carbonyl (C=O) groups is 2. The van der Waals surface area contributed by atoms with Gasteiger partial charge in [0.05, 0.1) is 12.1 Å². The van der Waals surface area contributed by atoms with E-state index in [2.05, 4.69) is 21.4 Å². The number of hydrogen-bond donors (Lipinski definition) is 1. The minimum absolute atomic E-state index is 0. The van der Waals surface area contributed by atoms with Crippen molar-refractivity contribution in [2.24, 2.45) is 0 Å². The predicted octanol–water partition coefficient (Wildman–Crippen LogP) is 3.13. The number of anilines is 1. The fourth-order valence-electron chi connectivity index (χ4n) is 3.38. The molecule has 1 N–H and O–H groups in total. The highest BCUT2D eigenvalue weighted by molar-refractivity contribution is 8.93. The Hall–Kier alpha value is -2.44. The summed E-state index contributed by atoms with van der Waals surface area (Å²) in [6, 6.07) is 12.4. The van der Waals surface area contributed by atoms with Crippen LogP contribution in [0.25, 0.3) is 0 Å². The van der Waals surface area contributed by atoms with E-state index >= 15 is 0 Å². The zero-order chi connectivity index (χ0) is 17.4. The number of nitrogens with zero attached hydrogens (tertiary/aromatic N) is 2. The molecule has 1 heterocycles. The minimum atomic E-state index is -0.0912. The number of halogens is 1. The van der Waals surface area contributed by atoms with Gasteiger partial charge in [-0.15, -0.1) is 17.0 Å². The lowest BCUT2D eigenvalue weighted by atomic mass is 9.83. The van der Waals surface area contributed by atoms with E-state index in [-0.39, 0.29) is 28.5 Å². The first kappa shape index (κ1) is 18.4. The zero-order valence-corrected chi connectivity index (χ0v) is 16.1. The van der Waals surface area contributed by atoms with Crippen molar-refractivity contribution in [3.63, 3.8) is 0 Å². The third-order valence-corrected chi connectivity index (χ3v) is 4.69. The Balaban J connectivity index is 0.00000196. The number of fused-ring (bicyclic) bond motifs is 2. The summed E-state index contributed by atoms with van der Waals surface area (Å²) in [6.45, 7) is 2.37. The Kier molecular flexibility index (Phi) is 5.25. The molecule has 0 radical (unpaired) electrons. The molecule has 2 aromatic rings. The van der Waals surface area contributed by atoms with Crippen molar-refractivity contribution in [1.82, 2.24) is 10.0 Å². The average Bonchev–Trinajstić information content (AvgIpc) is 3.04. The van der Waals surface area contributed by atoms with Gasteiger partial charge in [-0.3, -0.25) is 9.59 Å². The van der Waals surface area contributed by atoms with Crippen LogP contribution in [-0.2, 0) is 0 Å². The zero-order valence-electron chi connectivity index (χ0n) is 14.4. The summed E-state index contributed by atoms with van der Waals surface area (Å²) in [5.74, 6) is -0.178. The van der Waals surface area contributed by atoms with Crippen molar-refractivity contribution in [2.45, 2.75) is 0 Å². The lowest BCUT2D eigenvalue weighted by molar-refractivity contribution is 0.0891. The number of hydrogen-bond acceptors (Lipinski definition) is 5. The van der Waals surface area contributed by atoms with E-state index in [0.29, 0.717) is 28.8 Å². The molecule has 0 atom stereocenters. The van der Waals surface area contributed by atoms with Crippen LogP contribution in [0.15, 0.2) is 54.7 Å². The highest BCUT2D eigenvalue weighted by Crippen LogP contribution is 2.31. The summed E-state index contributed by atoms with van der Waals surface area (Å²) in [6.07, 6.45) is 4.15. The van der Waals surface area contributed by atoms with Crippen LogP contribution >= 0.6 is 17.0 Å².